The molecule has 4 aromatic carbocycles. The van der Waals surface area contributed by atoms with Crippen molar-refractivity contribution in [2.45, 2.75) is 127 Å². The van der Waals surface area contributed by atoms with E-state index in [0.717, 1.165) is 63.6 Å². The molecular weight excluding hydrogens is 785 g/mol. The number of benzene rings is 4. The number of carbonyl (C=O) groups excluding carboxylic acids is 2. The van der Waals surface area contributed by atoms with Crippen LogP contribution in [-0.4, -0.2) is 76.0 Å². The van der Waals surface area contributed by atoms with E-state index >= 15 is 0 Å². The summed E-state index contributed by atoms with van der Waals surface area (Å²) in [5, 5.41) is 1.32. The third kappa shape index (κ3) is 14.3. The first-order valence-electron chi connectivity index (χ1n) is 23.4. The number of carbonyl (C=O) groups is 2. The van der Waals surface area contributed by atoms with E-state index in [1.54, 1.807) is 72.8 Å². The fraction of sp³-hybridized carbons (Fsp3) is 0.538. The summed E-state index contributed by atoms with van der Waals surface area (Å²) in [7, 11) is 0. The van der Waals surface area contributed by atoms with Gasteiger partial charge in [-0.15, -0.1) is 0 Å². The van der Waals surface area contributed by atoms with Crippen molar-refractivity contribution >= 4 is 22.7 Å². The highest BCUT2D eigenvalue weighted by molar-refractivity contribution is 5.99. The molecule has 332 valence electrons. The van der Waals surface area contributed by atoms with Gasteiger partial charge in [0.2, 0.25) is 0 Å². The molecule has 0 aliphatic carbocycles. The average molecular weight is 849 g/mol. The van der Waals surface area contributed by atoms with Crippen LogP contribution in [0.15, 0.2) is 84.9 Å². The van der Waals surface area contributed by atoms with Gasteiger partial charge >= 0.3 is 11.9 Å². The Kier molecular flexibility index (Phi) is 16.2. The third-order valence-corrected chi connectivity index (χ3v) is 12.6. The van der Waals surface area contributed by atoms with Gasteiger partial charge in [0.15, 0.2) is 0 Å². The van der Waals surface area contributed by atoms with Gasteiger partial charge in [0.1, 0.15) is 23.0 Å². The maximum Gasteiger partial charge on any atom is 0.343 e. The molecule has 6 atom stereocenters. The van der Waals surface area contributed by atoms with Gasteiger partial charge in [-0.3, -0.25) is 0 Å². The van der Waals surface area contributed by atoms with E-state index in [4.69, 9.17) is 37.9 Å². The van der Waals surface area contributed by atoms with Gasteiger partial charge in [-0.25, -0.2) is 9.59 Å². The molecule has 0 radical (unpaired) electrons. The first-order chi connectivity index (χ1) is 30.6. The Balaban J connectivity index is 0.704. The van der Waals surface area contributed by atoms with Crippen molar-refractivity contribution in [1.82, 2.24) is 0 Å². The van der Waals surface area contributed by atoms with Gasteiger partial charge in [0.05, 0.1) is 75.2 Å². The Morgan fingerprint density at radius 3 is 1.21 bits per heavy atom. The monoisotopic (exact) mass is 848 g/mol. The highest BCUT2D eigenvalue weighted by atomic mass is 16.6. The summed E-state index contributed by atoms with van der Waals surface area (Å²) in [5.74, 6) is 2.60. The summed E-state index contributed by atoms with van der Waals surface area (Å²) in [5.41, 5.74) is 0.832. The highest BCUT2D eigenvalue weighted by Gasteiger charge is 2.38. The normalized spacial score (nSPS) is 20.6. The van der Waals surface area contributed by atoms with Crippen LogP contribution < -0.4 is 18.9 Å². The molecule has 6 unspecified atom stereocenters. The van der Waals surface area contributed by atoms with Gasteiger partial charge < -0.3 is 37.9 Å². The Hall–Kier alpha value is -4.48. The molecule has 4 aliphatic heterocycles. The van der Waals surface area contributed by atoms with Crippen molar-refractivity contribution in [3.63, 3.8) is 0 Å². The summed E-state index contributed by atoms with van der Waals surface area (Å²) in [6, 6.07) is 24.8. The first-order valence-corrected chi connectivity index (χ1v) is 23.4. The molecular formula is C52H64O10. The van der Waals surface area contributed by atoms with E-state index in [0.29, 0.717) is 82.9 Å². The van der Waals surface area contributed by atoms with Crippen LogP contribution in [0.1, 0.15) is 123 Å². The molecule has 4 aliphatic rings. The van der Waals surface area contributed by atoms with Gasteiger partial charge in [-0.2, -0.15) is 0 Å². The van der Waals surface area contributed by atoms with Crippen molar-refractivity contribution in [3.05, 3.63) is 96.1 Å². The zero-order chi connectivity index (χ0) is 42.4. The van der Waals surface area contributed by atoms with Gasteiger partial charge in [-0.05, 0) is 111 Å². The number of fused-ring (bicyclic) bond motifs is 1. The fourth-order valence-electron chi connectivity index (χ4n) is 8.58. The lowest BCUT2D eigenvalue weighted by atomic mass is 9.93. The molecule has 0 aromatic heterocycles. The summed E-state index contributed by atoms with van der Waals surface area (Å²) < 4.78 is 45.6. The molecule has 4 heterocycles. The van der Waals surface area contributed by atoms with Crippen molar-refractivity contribution in [2.75, 3.05) is 39.6 Å². The minimum absolute atomic E-state index is 0.379. The van der Waals surface area contributed by atoms with E-state index in [1.807, 2.05) is 12.1 Å². The predicted octanol–water partition coefficient (Wildman–Crippen LogP) is 11.1. The Morgan fingerprint density at radius 2 is 0.839 bits per heavy atom. The Labute approximate surface area is 366 Å². The molecule has 4 fully saturated rings. The number of hydrogen-bond donors (Lipinski definition) is 0. The topological polar surface area (TPSA) is 121 Å². The van der Waals surface area contributed by atoms with Crippen molar-refractivity contribution in [2.24, 2.45) is 11.8 Å². The van der Waals surface area contributed by atoms with Crippen LogP contribution >= 0.6 is 0 Å². The maximum absolute atomic E-state index is 13.2. The SMILES string of the molecule is O=C(Oc1cccc2c(OC(=O)c3ccc(OCCCCCCCCC(CC4CO4)C4CO4)cc3)cccc12)c1ccc(OCCCCCCCCC(CC2CO2)C2CO2)cc1. The number of rotatable bonds is 30. The molecule has 10 heteroatoms. The molecule has 0 bridgehead atoms. The van der Waals surface area contributed by atoms with E-state index in [-0.39, 0.29) is 0 Å². The summed E-state index contributed by atoms with van der Waals surface area (Å²) in [6.07, 6.45) is 21.0. The van der Waals surface area contributed by atoms with E-state index in [1.165, 1.54) is 77.0 Å². The zero-order valence-electron chi connectivity index (χ0n) is 36.2. The molecule has 4 saturated heterocycles. The van der Waals surface area contributed by atoms with Crippen molar-refractivity contribution < 1.29 is 47.5 Å². The average Bonchev–Trinajstić information content (AvgIpc) is 4.08. The quantitative estimate of drug-likeness (QED) is 0.0217. The summed E-state index contributed by atoms with van der Waals surface area (Å²) in [6.45, 7) is 5.02. The second kappa shape index (κ2) is 22.7. The Morgan fingerprint density at radius 1 is 0.468 bits per heavy atom. The van der Waals surface area contributed by atoms with Crippen LogP contribution in [-0.2, 0) is 18.9 Å². The smallest absolute Gasteiger partial charge is 0.343 e. The number of hydrogen-bond acceptors (Lipinski definition) is 10. The van der Waals surface area contributed by atoms with Gasteiger partial charge in [0.25, 0.3) is 0 Å². The lowest BCUT2D eigenvalue weighted by Gasteiger charge is -2.12. The van der Waals surface area contributed by atoms with Crippen molar-refractivity contribution in [3.8, 4) is 23.0 Å². The number of epoxide rings is 4. The fourth-order valence-corrected chi connectivity index (χ4v) is 8.58. The minimum atomic E-state index is -0.482. The maximum atomic E-state index is 13.2. The van der Waals surface area contributed by atoms with Crippen LogP contribution in [0.2, 0.25) is 0 Å². The number of esters is 2. The molecule has 0 saturated carbocycles. The number of ether oxygens (including phenoxy) is 8. The highest BCUT2D eigenvalue weighted by Crippen LogP contribution is 2.35. The summed E-state index contributed by atoms with van der Waals surface area (Å²) >= 11 is 0. The molecule has 10 nitrogen and oxygen atoms in total. The van der Waals surface area contributed by atoms with Crippen LogP contribution in [0.5, 0.6) is 23.0 Å². The molecule has 4 aromatic rings. The van der Waals surface area contributed by atoms with Gasteiger partial charge in [0, 0.05) is 10.8 Å². The predicted molar refractivity (Wildman–Crippen MR) is 238 cm³/mol. The summed E-state index contributed by atoms with van der Waals surface area (Å²) in [4.78, 5) is 26.4. The Bertz CT molecular complexity index is 1850. The van der Waals surface area contributed by atoms with Crippen LogP contribution in [0.3, 0.4) is 0 Å². The third-order valence-electron chi connectivity index (χ3n) is 12.6. The molecule has 0 spiro atoms. The second-order valence-electron chi connectivity index (χ2n) is 17.6. The largest absolute Gasteiger partial charge is 0.494 e. The van der Waals surface area contributed by atoms with Crippen molar-refractivity contribution in [1.29, 1.82) is 0 Å². The van der Waals surface area contributed by atoms with Crippen LogP contribution in [0, 0.1) is 11.8 Å². The van der Waals surface area contributed by atoms with Crippen LogP contribution in [0.25, 0.3) is 10.8 Å². The molecule has 8 rings (SSSR count). The lowest BCUT2D eigenvalue weighted by Crippen LogP contribution is -2.11. The number of unbranched alkanes of at least 4 members (excludes halogenated alkanes) is 10. The van der Waals surface area contributed by atoms with E-state index in [2.05, 4.69) is 0 Å². The van der Waals surface area contributed by atoms with E-state index < -0.39 is 11.9 Å². The molecule has 0 amide bonds. The van der Waals surface area contributed by atoms with Crippen LogP contribution in [0.4, 0.5) is 0 Å². The zero-order valence-corrected chi connectivity index (χ0v) is 36.2. The van der Waals surface area contributed by atoms with Gasteiger partial charge in [-0.1, -0.05) is 88.5 Å². The minimum Gasteiger partial charge on any atom is -0.494 e. The van der Waals surface area contributed by atoms with E-state index in [9.17, 15) is 9.59 Å². The second-order valence-corrected chi connectivity index (χ2v) is 17.6. The lowest BCUT2D eigenvalue weighted by molar-refractivity contribution is 0.0725. The first kappa shape index (κ1) is 44.1. The molecule has 0 N–H and O–H groups in total. The molecule has 62 heavy (non-hydrogen) atoms. The standard InChI is InChI=1S/C52H64O10/c53-51(37-21-25-41(26-22-37)55-29-11-7-3-1-5-9-15-39(49-35-59-49)31-43-33-57-43)61-47-19-13-18-46-45(47)17-14-20-48(46)62-52(54)38-23-27-42(28-24-38)56-30-12-8-4-2-6-10-16-40(50-36-60-50)32-44-34-58-44/h13-14,17-28,39-40,43-44,49-50H,1-12,15-16,29-36H2.